The number of carbonyl (C=O) groups is 2. The Morgan fingerprint density at radius 1 is 0.939 bits per heavy atom. The summed E-state index contributed by atoms with van der Waals surface area (Å²) < 4.78 is 0. The van der Waals surface area contributed by atoms with Gasteiger partial charge in [-0.05, 0) is 68.5 Å². The van der Waals surface area contributed by atoms with Crippen molar-refractivity contribution < 1.29 is 14.7 Å². The van der Waals surface area contributed by atoms with Crippen molar-refractivity contribution >= 4 is 51.1 Å². The van der Waals surface area contributed by atoms with E-state index in [0.29, 0.717) is 15.6 Å². The molecule has 33 heavy (non-hydrogen) atoms. The Balaban J connectivity index is 1.50. The highest BCUT2D eigenvalue weighted by Gasteiger charge is 2.20. The normalized spacial score (nSPS) is 14.5. The van der Waals surface area contributed by atoms with E-state index in [0.717, 1.165) is 37.6 Å². The van der Waals surface area contributed by atoms with Crippen LogP contribution in [0.1, 0.15) is 26.5 Å². The molecule has 3 aromatic rings. The molecule has 7 nitrogen and oxygen atoms in total. The zero-order valence-electron chi connectivity index (χ0n) is 18.2. The molecule has 1 fully saturated rings. The Morgan fingerprint density at radius 2 is 1.73 bits per heavy atom. The van der Waals surface area contributed by atoms with Crippen molar-refractivity contribution in [1.82, 2.24) is 4.90 Å². The molecule has 0 aliphatic carbocycles. The second-order valence-electron chi connectivity index (χ2n) is 7.90. The highest BCUT2D eigenvalue weighted by Crippen LogP contribution is 2.31. The Labute approximate surface area is 201 Å². The summed E-state index contributed by atoms with van der Waals surface area (Å²) in [6.45, 7) is 3.89. The standard InChI is InChI=1S/C24H25ClN4O3S/c1-28-12-3-13-29(15-14-28)21-11-10-20(33-21)24(32)27-22-18(4-2-5-19(22)30)23(31)26-17-8-6-16(25)7-9-17/h2,4-11,30H,3,12-15H2,1H3,(H,26,31)(H,27,32). The highest BCUT2D eigenvalue weighted by molar-refractivity contribution is 7.18. The topological polar surface area (TPSA) is 84.9 Å². The minimum atomic E-state index is -0.455. The van der Waals surface area contributed by atoms with Gasteiger partial charge in [-0.25, -0.2) is 0 Å². The number of carbonyl (C=O) groups excluding carboxylic acids is 2. The molecule has 0 unspecified atom stereocenters. The number of aromatic hydroxyl groups is 1. The van der Waals surface area contributed by atoms with Gasteiger partial charge in [-0.15, -0.1) is 11.3 Å². The van der Waals surface area contributed by atoms with E-state index in [1.807, 2.05) is 6.07 Å². The third kappa shape index (κ3) is 5.65. The number of thiophene rings is 1. The van der Waals surface area contributed by atoms with E-state index in [2.05, 4.69) is 27.5 Å². The zero-order valence-corrected chi connectivity index (χ0v) is 19.7. The number of likely N-dealkylation sites (N-methyl/N-ethyl adjacent to an activating group) is 1. The number of para-hydroxylation sites is 1. The van der Waals surface area contributed by atoms with Crippen molar-refractivity contribution in [1.29, 1.82) is 0 Å². The van der Waals surface area contributed by atoms with Crippen molar-refractivity contribution in [2.45, 2.75) is 6.42 Å². The maximum atomic E-state index is 13.0. The molecular weight excluding hydrogens is 460 g/mol. The molecule has 0 radical (unpaired) electrons. The summed E-state index contributed by atoms with van der Waals surface area (Å²) in [4.78, 5) is 30.9. The molecule has 0 bridgehead atoms. The number of hydrogen-bond acceptors (Lipinski definition) is 6. The lowest BCUT2D eigenvalue weighted by atomic mass is 10.1. The fraction of sp³-hybridized carbons (Fsp3) is 0.250. The third-order valence-corrected chi connectivity index (χ3v) is 6.87. The number of nitrogens with one attached hydrogen (secondary N) is 2. The van der Waals surface area contributed by atoms with Gasteiger partial charge in [0, 0.05) is 30.3 Å². The molecule has 2 amide bonds. The monoisotopic (exact) mass is 484 g/mol. The van der Waals surface area contributed by atoms with Crippen LogP contribution >= 0.6 is 22.9 Å². The summed E-state index contributed by atoms with van der Waals surface area (Å²) in [5, 5.41) is 17.4. The SMILES string of the molecule is CN1CCCN(c2ccc(C(=O)Nc3c(O)cccc3C(=O)Nc3ccc(Cl)cc3)s2)CC1. The van der Waals surface area contributed by atoms with Gasteiger partial charge in [0.15, 0.2) is 0 Å². The van der Waals surface area contributed by atoms with Crippen molar-refractivity contribution in [3.05, 3.63) is 70.1 Å². The Hall–Kier alpha value is -3.07. The van der Waals surface area contributed by atoms with Gasteiger partial charge in [0.05, 0.1) is 21.1 Å². The predicted molar refractivity (Wildman–Crippen MR) is 134 cm³/mol. The summed E-state index contributed by atoms with van der Waals surface area (Å²) in [5.74, 6) is -1.01. The molecular formula is C24H25ClN4O3S. The number of anilines is 3. The van der Waals surface area contributed by atoms with Gasteiger partial charge in [-0.1, -0.05) is 17.7 Å². The fourth-order valence-corrected chi connectivity index (χ4v) is 4.73. The minimum Gasteiger partial charge on any atom is -0.506 e. The Bertz CT molecular complexity index is 1150. The molecule has 3 N–H and O–H groups in total. The fourth-order valence-electron chi connectivity index (χ4n) is 3.65. The van der Waals surface area contributed by atoms with Gasteiger partial charge < -0.3 is 25.5 Å². The molecule has 4 rings (SSSR count). The van der Waals surface area contributed by atoms with Gasteiger partial charge in [0.1, 0.15) is 5.75 Å². The van der Waals surface area contributed by atoms with Crippen molar-refractivity contribution in [2.24, 2.45) is 0 Å². The summed E-state index contributed by atoms with van der Waals surface area (Å²) in [6.07, 6.45) is 1.07. The van der Waals surface area contributed by atoms with Crippen LogP contribution in [0.25, 0.3) is 0 Å². The lowest BCUT2D eigenvalue weighted by Crippen LogP contribution is -2.28. The number of hydrogen-bond donors (Lipinski definition) is 3. The predicted octanol–water partition coefficient (Wildman–Crippen LogP) is 4.75. The summed E-state index contributed by atoms with van der Waals surface area (Å²) >= 11 is 7.30. The van der Waals surface area contributed by atoms with E-state index in [4.69, 9.17) is 11.6 Å². The number of benzene rings is 2. The van der Waals surface area contributed by atoms with Gasteiger partial charge >= 0.3 is 0 Å². The summed E-state index contributed by atoms with van der Waals surface area (Å²) in [6, 6.07) is 14.9. The van der Waals surface area contributed by atoms with Gasteiger partial charge in [-0.3, -0.25) is 9.59 Å². The summed E-state index contributed by atoms with van der Waals surface area (Å²) in [5.41, 5.74) is 0.780. The Kier molecular flexibility index (Phi) is 7.17. The molecule has 9 heteroatoms. The molecule has 1 aliphatic heterocycles. The van der Waals surface area contributed by atoms with Crippen molar-refractivity contribution in [2.75, 3.05) is 48.8 Å². The quantitative estimate of drug-likeness (QED) is 0.455. The van der Waals surface area contributed by atoms with Crippen LogP contribution < -0.4 is 15.5 Å². The lowest BCUT2D eigenvalue weighted by molar-refractivity contribution is 0.102. The van der Waals surface area contributed by atoms with Crippen molar-refractivity contribution in [3.8, 4) is 5.75 Å². The number of halogens is 1. The largest absolute Gasteiger partial charge is 0.506 e. The molecule has 0 spiro atoms. The van der Waals surface area contributed by atoms with Crippen LogP contribution in [0.5, 0.6) is 5.75 Å². The first-order valence-electron chi connectivity index (χ1n) is 10.6. The van der Waals surface area contributed by atoms with Crippen molar-refractivity contribution in [3.63, 3.8) is 0 Å². The van der Waals surface area contributed by atoms with Crippen LogP contribution in [0, 0.1) is 0 Å². The van der Waals surface area contributed by atoms with Crippen LogP contribution in [-0.2, 0) is 0 Å². The first-order valence-corrected chi connectivity index (χ1v) is 11.8. The van der Waals surface area contributed by atoms with E-state index in [1.165, 1.54) is 17.4 Å². The summed E-state index contributed by atoms with van der Waals surface area (Å²) in [7, 11) is 2.11. The molecule has 1 saturated heterocycles. The first kappa shape index (κ1) is 23.1. The molecule has 0 saturated carbocycles. The van der Waals surface area contributed by atoms with Gasteiger partial charge in [0.25, 0.3) is 11.8 Å². The van der Waals surface area contributed by atoms with Gasteiger partial charge in [0.2, 0.25) is 0 Å². The number of rotatable bonds is 5. The number of phenols is 1. The highest BCUT2D eigenvalue weighted by atomic mass is 35.5. The lowest BCUT2D eigenvalue weighted by Gasteiger charge is -2.20. The van der Waals surface area contributed by atoms with Gasteiger partial charge in [-0.2, -0.15) is 0 Å². The van der Waals surface area contributed by atoms with E-state index in [-0.39, 0.29) is 22.9 Å². The van der Waals surface area contributed by atoms with Crippen LogP contribution in [0.3, 0.4) is 0 Å². The molecule has 1 aliphatic rings. The Morgan fingerprint density at radius 3 is 2.52 bits per heavy atom. The van der Waals surface area contributed by atoms with Crippen LogP contribution in [0.2, 0.25) is 5.02 Å². The maximum absolute atomic E-state index is 13.0. The number of amides is 2. The number of nitrogens with zero attached hydrogens (tertiary/aromatic N) is 2. The van der Waals surface area contributed by atoms with Crippen LogP contribution in [-0.4, -0.2) is 55.0 Å². The third-order valence-electron chi connectivity index (χ3n) is 5.47. The molecule has 1 aromatic heterocycles. The van der Waals surface area contributed by atoms with E-state index in [1.54, 1.807) is 42.5 Å². The van der Waals surface area contributed by atoms with E-state index >= 15 is 0 Å². The second kappa shape index (κ2) is 10.2. The molecule has 2 aromatic carbocycles. The zero-order chi connectivity index (χ0) is 23.4. The van der Waals surface area contributed by atoms with E-state index in [9.17, 15) is 14.7 Å². The van der Waals surface area contributed by atoms with Crippen LogP contribution in [0.15, 0.2) is 54.6 Å². The molecule has 0 atom stereocenters. The first-order chi connectivity index (χ1) is 15.9. The smallest absolute Gasteiger partial charge is 0.265 e. The second-order valence-corrected chi connectivity index (χ2v) is 9.40. The average Bonchev–Trinajstić information content (AvgIpc) is 3.19. The minimum absolute atomic E-state index is 0.0697. The molecule has 2 heterocycles. The molecule has 172 valence electrons. The average molecular weight is 485 g/mol. The van der Waals surface area contributed by atoms with E-state index < -0.39 is 5.91 Å². The van der Waals surface area contributed by atoms with Crippen LogP contribution in [0.4, 0.5) is 16.4 Å². The number of phenolic OH excluding ortho intramolecular Hbond substituents is 1. The maximum Gasteiger partial charge on any atom is 0.265 e.